The normalized spacial score (nSPS) is 33.4. The van der Waals surface area contributed by atoms with Crippen LogP contribution in [0.4, 0.5) is 0 Å². The molecule has 2 fully saturated rings. The van der Waals surface area contributed by atoms with Gasteiger partial charge in [0, 0.05) is 19.8 Å². The Morgan fingerprint density at radius 3 is 1.73 bits per heavy atom. The van der Waals surface area contributed by atoms with Crippen molar-refractivity contribution >= 4 is 0 Å². The van der Waals surface area contributed by atoms with Crippen LogP contribution in [0, 0.1) is 23.7 Å². The molecule has 128 valence electrons. The van der Waals surface area contributed by atoms with Crippen LogP contribution >= 0.6 is 0 Å². The van der Waals surface area contributed by atoms with Crippen molar-refractivity contribution in [3.63, 3.8) is 0 Å². The molecule has 2 heteroatoms. The van der Waals surface area contributed by atoms with E-state index in [-0.39, 0.29) is 0 Å². The smallest absolute Gasteiger partial charge is 0.0647 e. The Kier molecular flexibility index (Phi) is 8.54. The van der Waals surface area contributed by atoms with Gasteiger partial charge in [-0.25, -0.2) is 0 Å². The Balaban J connectivity index is 1.59. The van der Waals surface area contributed by atoms with Crippen LogP contribution in [0.5, 0.6) is 0 Å². The van der Waals surface area contributed by atoms with Crippen LogP contribution in [0.2, 0.25) is 0 Å². The van der Waals surface area contributed by atoms with E-state index >= 15 is 0 Å². The minimum atomic E-state index is 0.792. The molecule has 0 atom stereocenters. The lowest BCUT2D eigenvalue weighted by Gasteiger charge is -2.37. The zero-order valence-electron chi connectivity index (χ0n) is 14.8. The third kappa shape index (κ3) is 6.04. The summed E-state index contributed by atoms with van der Waals surface area (Å²) in [4.78, 5) is 0. The summed E-state index contributed by atoms with van der Waals surface area (Å²) in [7, 11) is 0. The first-order chi connectivity index (χ1) is 10.8. The van der Waals surface area contributed by atoms with Crippen molar-refractivity contribution in [1.82, 2.24) is 0 Å². The lowest BCUT2D eigenvalue weighted by atomic mass is 9.69. The summed E-state index contributed by atoms with van der Waals surface area (Å²) in [6, 6.07) is 0. The fourth-order valence-electron chi connectivity index (χ4n) is 4.34. The molecular formula is C20H36O2. The first-order valence-corrected chi connectivity index (χ1v) is 9.60. The van der Waals surface area contributed by atoms with Gasteiger partial charge in [0.15, 0.2) is 0 Å². The van der Waals surface area contributed by atoms with E-state index in [1.54, 1.807) is 0 Å². The van der Waals surface area contributed by atoms with E-state index in [2.05, 4.69) is 26.0 Å². The highest BCUT2D eigenvalue weighted by Crippen LogP contribution is 2.41. The first-order valence-electron chi connectivity index (χ1n) is 9.60. The van der Waals surface area contributed by atoms with E-state index in [9.17, 15) is 0 Å². The monoisotopic (exact) mass is 308 g/mol. The molecule has 0 amide bonds. The van der Waals surface area contributed by atoms with Crippen LogP contribution in [0.15, 0.2) is 12.2 Å². The molecule has 0 bridgehead atoms. The summed E-state index contributed by atoms with van der Waals surface area (Å²) in [5.41, 5.74) is 0. The zero-order chi connectivity index (χ0) is 15.6. The quantitative estimate of drug-likeness (QED) is 0.451. The second-order valence-corrected chi connectivity index (χ2v) is 7.33. The topological polar surface area (TPSA) is 18.5 Å². The number of hydrogen-bond acceptors (Lipinski definition) is 2. The number of rotatable bonds is 8. The van der Waals surface area contributed by atoms with Crippen LogP contribution in [0.1, 0.15) is 65.2 Å². The fraction of sp³-hybridized carbons (Fsp3) is 0.900. The van der Waals surface area contributed by atoms with Gasteiger partial charge in [0.25, 0.3) is 0 Å². The van der Waals surface area contributed by atoms with E-state index in [0.29, 0.717) is 0 Å². The average molecular weight is 309 g/mol. The lowest BCUT2D eigenvalue weighted by molar-refractivity contribution is 0.0595. The average Bonchev–Trinajstić information content (AvgIpc) is 2.58. The van der Waals surface area contributed by atoms with Crippen LogP contribution in [-0.2, 0) is 9.47 Å². The van der Waals surface area contributed by atoms with Gasteiger partial charge in [-0.05, 0) is 88.9 Å². The van der Waals surface area contributed by atoms with E-state index in [4.69, 9.17) is 9.47 Å². The molecule has 0 aliphatic heterocycles. The third-order valence-corrected chi connectivity index (χ3v) is 5.81. The molecule has 0 radical (unpaired) electrons. The summed E-state index contributed by atoms with van der Waals surface area (Å²) in [6.45, 7) is 7.79. The summed E-state index contributed by atoms with van der Waals surface area (Å²) >= 11 is 0. The Hall–Kier alpha value is -0.340. The Morgan fingerprint density at radius 2 is 1.27 bits per heavy atom. The highest BCUT2D eigenvalue weighted by atomic mass is 16.5. The predicted molar refractivity (Wildman–Crippen MR) is 93.0 cm³/mol. The molecule has 2 rings (SSSR count). The Bertz CT molecular complexity index is 297. The van der Waals surface area contributed by atoms with Crippen molar-refractivity contribution in [3.05, 3.63) is 12.2 Å². The van der Waals surface area contributed by atoms with E-state index < -0.39 is 0 Å². The second-order valence-electron chi connectivity index (χ2n) is 7.33. The van der Waals surface area contributed by atoms with Crippen molar-refractivity contribution in [2.24, 2.45) is 23.7 Å². The molecule has 2 saturated carbocycles. The molecule has 2 aliphatic carbocycles. The molecule has 0 aromatic heterocycles. The Labute approximate surface area is 137 Å². The van der Waals surface area contributed by atoms with Gasteiger partial charge in [-0.15, -0.1) is 0 Å². The second kappa shape index (κ2) is 10.4. The van der Waals surface area contributed by atoms with Crippen LogP contribution in [-0.4, -0.2) is 26.4 Å². The fourth-order valence-corrected chi connectivity index (χ4v) is 4.34. The van der Waals surface area contributed by atoms with Crippen molar-refractivity contribution in [3.8, 4) is 0 Å². The maximum atomic E-state index is 5.75. The standard InChI is InChI=1S/C20H36O2/c1-3-5-14-22-16-18-8-12-20(13-9-18)19-10-6-17(7-11-19)15-21-4-2/h3,5,17-20H,4,6-16H2,1-2H3/b5-3-/t17-,18?,19-,20?. The van der Waals surface area contributed by atoms with Gasteiger partial charge in [0.05, 0.1) is 6.61 Å². The van der Waals surface area contributed by atoms with Gasteiger partial charge in [0.2, 0.25) is 0 Å². The predicted octanol–water partition coefficient (Wildman–Crippen LogP) is 5.23. The van der Waals surface area contributed by atoms with Crippen molar-refractivity contribution in [2.45, 2.75) is 65.2 Å². The highest BCUT2D eigenvalue weighted by Gasteiger charge is 2.30. The maximum absolute atomic E-state index is 5.75. The van der Waals surface area contributed by atoms with Gasteiger partial charge in [-0.1, -0.05) is 12.2 Å². The summed E-state index contributed by atoms with van der Waals surface area (Å²) in [5.74, 6) is 3.66. The lowest BCUT2D eigenvalue weighted by Crippen LogP contribution is -2.28. The van der Waals surface area contributed by atoms with Gasteiger partial charge in [-0.3, -0.25) is 0 Å². The molecular weight excluding hydrogens is 272 g/mol. The van der Waals surface area contributed by atoms with Crippen molar-refractivity contribution in [1.29, 1.82) is 0 Å². The van der Waals surface area contributed by atoms with Crippen LogP contribution in [0.25, 0.3) is 0 Å². The molecule has 2 nitrogen and oxygen atoms in total. The summed E-state index contributed by atoms with van der Waals surface area (Å²) < 4.78 is 11.3. The van der Waals surface area contributed by atoms with E-state index in [1.165, 1.54) is 51.4 Å². The largest absolute Gasteiger partial charge is 0.381 e. The molecule has 0 unspecified atom stereocenters. The van der Waals surface area contributed by atoms with Gasteiger partial charge in [-0.2, -0.15) is 0 Å². The van der Waals surface area contributed by atoms with Crippen molar-refractivity contribution in [2.75, 3.05) is 26.4 Å². The highest BCUT2D eigenvalue weighted by molar-refractivity contribution is 4.82. The molecule has 0 saturated heterocycles. The van der Waals surface area contributed by atoms with Gasteiger partial charge >= 0.3 is 0 Å². The number of hydrogen-bond donors (Lipinski definition) is 0. The van der Waals surface area contributed by atoms with E-state index in [1.807, 2.05) is 0 Å². The van der Waals surface area contributed by atoms with Crippen LogP contribution < -0.4 is 0 Å². The molecule has 2 aliphatic rings. The minimum Gasteiger partial charge on any atom is -0.381 e. The molecule has 0 heterocycles. The molecule has 0 aromatic carbocycles. The molecule has 0 N–H and O–H groups in total. The van der Waals surface area contributed by atoms with E-state index in [0.717, 1.165) is 50.1 Å². The molecule has 0 aromatic rings. The minimum absolute atomic E-state index is 0.792. The van der Waals surface area contributed by atoms with Crippen molar-refractivity contribution < 1.29 is 9.47 Å². The summed E-state index contributed by atoms with van der Waals surface area (Å²) in [5, 5.41) is 0. The van der Waals surface area contributed by atoms with Gasteiger partial charge in [0.1, 0.15) is 0 Å². The number of allylic oxidation sites excluding steroid dienone is 1. The van der Waals surface area contributed by atoms with Crippen LogP contribution in [0.3, 0.4) is 0 Å². The maximum Gasteiger partial charge on any atom is 0.0647 e. The molecule has 22 heavy (non-hydrogen) atoms. The zero-order valence-corrected chi connectivity index (χ0v) is 14.8. The summed E-state index contributed by atoms with van der Waals surface area (Å²) in [6.07, 6.45) is 15.5. The first kappa shape index (κ1) is 18.0. The molecule has 0 spiro atoms. The number of ether oxygens (including phenoxy) is 2. The third-order valence-electron chi connectivity index (χ3n) is 5.81. The van der Waals surface area contributed by atoms with Gasteiger partial charge < -0.3 is 9.47 Å². The SMILES string of the molecule is C/C=C\COCC1CCC([C@H]2CC[C@H](COCC)CC2)CC1. The Morgan fingerprint density at radius 1 is 0.773 bits per heavy atom.